The lowest BCUT2D eigenvalue weighted by molar-refractivity contribution is 0.872. The molecule has 0 bridgehead atoms. The zero-order valence-electron chi connectivity index (χ0n) is 4.85. The SMILES string of the molecule is Cc1c(I)ncn1C. The quantitative estimate of drug-likeness (QED) is 0.605. The Kier molecular flexibility index (Phi) is 1.55. The van der Waals surface area contributed by atoms with Crippen molar-refractivity contribution in [3.8, 4) is 0 Å². The Morgan fingerprint density at radius 1 is 1.75 bits per heavy atom. The van der Waals surface area contributed by atoms with E-state index in [1.54, 1.807) is 0 Å². The van der Waals surface area contributed by atoms with Crippen molar-refractivity contribution in [3.63, 3.8) is 0 Å². The van der Waals surface area contributed by atoms with Crippen molar-refractivity contribution in [1.82, 2.24) is 9.55 Å². The van der Waals surface area contributed by atoms with Crippen LogP contribution >= 0.6 is 22.6 Å². The first-order valence-electron chi connectivity index (χ1n) is 2.35. The summed E-state index contributed by atoms with van der Waals surface area (Å²) in [6.07, 6.45) is 1.82. The van der Waals surface area contributed by atoms with Crippen molar-refractivity contribution in [2.45, 2.75) is 6.92 Å². The molecule has 0 fully saturated rings. The highest BCUT2D eigenvalue weighted by molar-refractivity contribution is 14.1. The third-order valence-electron chi connectivity index (χ3n) is 1.17. The maximum atomic E-state index is 4.07. The van der Waals surface area contributed by atoms with Crippen LogP contribution in [0.4, 0.5) is 0 Å². The predicted molar refractivity (Wildman–Crippen MR) is 40.7 cm³/mol. The molecule has 0 saturated carbocycles. The van der Waals surface area contributed by atoms with Gasteiger partial charge in [0.05, 0.1) is 6.33 Å². The van der Waals surface area contributed by atoms with E-state index in [1.807, 2.05) is 17.9 Å². The minimum absolute atomic E-state index is 1.09. The number of imidazole rings is 1. The third-order valence-corrected chi connectivity index (χ3v) is 2.23. The Balaban J connectivity index is 3.19. The summed E-state index contributed by atoms with van der Waals surface area (Å²) in [7, 11) is 1.99. The zero-order valence-corrected chi connectivity index (χ0v) is 7.01. The lowest BCUT2D eigenvalue weighted by atomic mass is 10.5. The normalized spacial score (nSPS) is 9.88. The van der Waals surface area contributed by atoms with E-state index >= 15 is 0 Å². The van der Waals surface area contributed by atoms with Crippen molar-refractivity contribution in [1.29, 1.82) is 0 Å². The number of aromatic nitrogens is 2. The first-order valence-corrected chi connectivity index (χ1v) is 3.43. The molecule has 0 aromatic carbocycles. The van der Waals surface area contributed by atoms with Gasteiger partial charge >= 0.3 is 0 Å². The van der Waals surface area contributed by atoms with Crippen molar-refractivity contribution in [3.05, 3.63) is 15.7 Å². The zero-order chi connectivity index (χ0) is 6.15. The molecule has 0 amide bonds. The average Bonchev–Trinajstić information content (AvgIpc) is 1.98. The van der Waals surface area contributed by atoms with Crippen molar-refractivity contribution >= 4 is 22.6 Å². The number of hydrogen-bond acceptors (Lipinski definition) is 1. The van der Waals surface area contributed by atoms with Gasteiger partial charge in [0, 0.05) is 12.7 Å². The van der Waals surface area contributed by atoms with Gasteiger partial charge in [-0.25, -0.2) is 4.98 Å². The molecule has 0 radical (unpaired) electrons. The Bertz CT molecular complexity index is 173. The van der Waals surface area contributed by atoms with Gasteiger partial charge in [0.1, 0.15) is 3.70 Å². The molecule has 0 spiro atoms. The molecular formula is C5H7IN2. The van der Waals surface area contributed by atoms with Gasteiger partial charge in [-0.1, -0.05) is 0 Å². The summed E-state index contributed by atoms with van der Waals surface area (Å²) >= 11 is 2.21. The molecule has 0 N–H and O–H groups in total. The van der Waals surface area contributed by atoms with Gasteiger partial charge in [0.25, 0.3) is 0 Å². The topological polar surface area (TPSA) is 17.8 Å². The van der Waals surface area contributed by atoms with E-state index < -0.39 is 0 Å². The third kappa shape index (κ3) is 0.866. The van der Waals surface area contributed by atoms with Gasteiger partial charge in [-0.2, -0.15) is 0 Å². The summed E-state index contributed by atoms with van der Waals surface area (Å²) in [5.41, 5.74) is 1.23. The summed E-state index contributed by atoms with van der Waals surface area (Å²) < 4.78 is 3.09. The molecule has 8 heavy (non-hydrogen) atoms. The molecule has 1 heterocycles. The van der Waals surface area contributed by atoms with Crippen molar-refractivity contribution < 1.29 is 0 Å². The second-order valence-electron chi connectivity index (χ2n) is 1.73. The largest absolute Gasteiger partial charge is 0.337 e. The van der Waals surface area contributed by atoms with Crippen LogP contribution in [0.15, 0.2) is 6.33 Å². The van der Waals surface area contributed by atoms with E-state index in [0.717, 1.165) is 3.70 Å². The first kappa shape index (κ1) is 6.07. The standard InChI is InChI=1S/C5H7IN2/c1-4-5(6)7-3-8(4)2/h3H,1-2H3. The van der Waals surface area contributed by atoms with E-state index in [1.165, 1.54) is 5.69 Å². The lowest BCUT2D eigenvalue weighted by Crippen LogP contribution is -1.87. The number of nitrogens with zero attached hydrogens (tertiary/aromatic N) is 2. The number of hydrogen-bond donors (Lipinski definition) is 0. The van der Waals surface area contributed by atoms with Gasteiger partial charge in [0.2, 0.25) is 0 Å². The van der Waals surface area contributed by atoms with Crippen LogP contribution in [0.3, 0.4) is 0 Å². The second kappa shape index (κ2) is 2.05. The lowest BCUT2D eigenvalue weighted by Gasteiger charge is -1.89. The molecule has 0 unspecified atom stereocenters. The summed E-state index contributed by atoms with van der Waals surface area (Å²) in [4.78, 5) is 4.07. The number of rotatable bonds is 0. The Labute approximate surface area is 62.1 Å². The van der Waals surface area contributed by atoms with Crippen molar-refractivity contribution in [2.75, 3.05) is 0 Å². The number of aryl methyl sites for hydroxylation is 1. The van der Waals surface area contributed by atoms with Crippen LogP contribution in [-0.2, 0) is 7.05 Å². The molecule has 1 rings (SSSR count). The molecule has 3 heteroatoms. The van der Waals surface area contributed by atoms with Gasteiger partial charge in [-0.05, 0) is 29.5 Å². The van der Waals surface area contributed by atoms with E-state index in [2.05, 4.69) is 34.5 Å². The number of halogens is 1. The monoisotopic (exact) mass is 222 g/mol. The average molecular weight is 222 g/mol. The second-order valence-corrected chi connectivity index (χ2v) is 2.75. The Hall–Kier alpha value is -0.0600. The first-order chi connectivity index (χ1) is 3.72. The Morgan fingerprint density at radius 3 is 2.50 bits per heavy atom. The van der Waals surface area contributed by atoms with Crippen LogP contribution in [0.25, 0.3) is 0 Å². The predicted octanol–water partition coefficient (Wildman–Crippen LogP) is 1.33. The van der Waals surface area contributed by atoms with E-state index in [9.17, 15) is 0 Å². The summed E-state index contributed by atoms with van der Waals surface area (Å²) in [6.45, 7) is 2.05. The highest BCUT2D eigenvalue weighted by Crippen LogP contribution is 2.05. The molecule has 0 atom stereocenters. The minimum atomic E-state index is 1.09. The van der Waals surface area contributed by atoms with Gasteiger partial charge in [0.15, 0.2) is 0 Å². The van der Waals surface area contributed by atoms with Gasteiger partial charge in [-0.3, -0.25) is 0 Å². The molecule has 0 saturated heterocycles. The highest BCUT2D eigenvalue weighted by Gasteiger charge is 1.95. The smallest absolute Gasteiger partial charge is 0.122 e. The van der Waals surface area contributed by atoms with E-state index in [-0.39, 0.29) is 0 Å². The fourth-order valence-electron chi connectivity index (χ4n) is 0.463. The van der Waals surface area contributed by atoms with Crippen LogP contribution < -0.4 is 0 Å². The van der Waals surface area contributed by atoms with Crippen LogP contribution in [0, 0.1) is 10.6 Å². The van der Waals surface area contributed by atoms with E-state index in [4.69, 9.17) is 0 Å². The molecule has 0 aliphatic heterocycles. The molecule has 1 aromatic rings. The fourth-order valence-corrected chi connectivity index (χ4v) is 0.968. The van der Waals surface area contributed by atoms with Crippen LogP contribution in [0.1, 0.15) is 5.69 Å². The van der Waals surface area contributed by atoms with Crippen LogP contribution in [0.5, 0.6) is 0 Å². The van der Waals surface area contributed by atoms with Crippen molar-refractivity contribution in [2.24, 2.45) is 7.05 Å². The maximum Gasteiger partial charge on any atom is 0.122 e. The maximum absolute atomic E-state index is 4.07. The summed E-state index contributed by atoms with van der Waals surface area (Å²) in [5.74, 6) is 0. The highest BCUT2D eigenvalue weighted by atomic mass is 127. The minimum Gasteiger partial charge on any atom is -0.337 e. The van der Waals surface area contributed by atoms with Crippen LogP contribution in [-0.4, -0.2) is 9.55 Å². The Morgan fingerprint density at radius 2 is 2.38 bits per heavy atom. The molecule has 0 aliphatic carbocycles. The summed E-state index contributed by atoms with van der Waals surface area (Å²) in [6, 6.07) is 0. The van der Waals surface area contributed by atoms with Gasteiger partial charge in [-0.15, -0.1) is 0 Å². The van der Waals surface area contributed by atoms with Gasteiger partial charge < -0.3 is 4.57 Å². The fraction of sp³-hybridized carbons (Fsp3) is 0.400. The van der Waals surface area contributed by atoms with E-state index in [0.29, 0.717) is 0 Å². The van der Waals surface area contributed by atoms with Crippen LogP contribution in [0.2, 0.25) is 0 Å². The molecular weight excluding hydrogens is 215 g/mol. The molecule has 0 aliphatic rings. The molecule has 2 nitrogen and oxygen atoms in total. The molecule has 44 valence electrons. The summed E-state index contributed by atoms with van der Waals surface area (Å²) in [5, 5.41) is 0. The molecule has 1 aromatic heterocycles.